The fourth-order valence-corrected chi connectivity index (χ4v) is 2.18. The van der Waals surface area contributed by atoms with E-state index >= 15 is 0 Å². The highest BCUT2D eigenvalue weighted by Gasteiger charge is 2.10. The van der Waals surface area contributed by atoms with E-state index in [1.54, 1.807) is 0 Å². The lowest BCUT2D eigenvalue weighted by atomic mass is 10.2. The molecule has 1 heterocycles. The quantitative estimate of drug-likeness (QED) is 0.792. The van der Waals surface area contributed by atoms with Crippen molar-refractivity contribution in [2.75, 3.05) is 5.73 Å². The molecule has 2 rings (SSSR count). The fourth-order valence-electron chi connectivity index (χ4n) is 1.28. The van der Waals surface area contributed by atoms with Gasteiger partial charge in [0.05, 0.1) is 0 Å². The zero-order valence-electron chi connectivity index (χ0n) is 8.47. The van der Waals surface area contributed by atoms with Crippen LogP contribution in [-0.4, -0.2) is 10.2 Å². The van der Waals surface area contributed by atoms with Crippen molar-refractivity contribution in [3.8, 4) is 6.07 Å². The van der Waals surface area contributed by atoms with Crippen LogP contribution in [0.3, 0.4) is 0 Å². The van der Waals surface area contributed by atoms with Gasteiger partial charge in [0.1, 0.15) is 22.5 Å². The van der Waals surface area contributed by atoms with Gasteiger partial charge < -0.3 is 5.73 Å². The number of rotatable bonds is 3. The molecule has 3 N–H and O–H groups in total. The van der Waals surface area contributed by atoms with E-state index in [4.69, 9.17) is 11.0 Å². The van der Waals surface area contributed by atoms with Crippen LogP contribution in [0.1, 0.15) is 11.1 Å². The maximum absolute atomic E-state index is 8.88. The second-order valence-electron chi connectivity index (χ2n) is 3.20. The van der Waals surface area contributed by atoms with Crippen molar-refractivity contribution in [2.24, 2.45) is 0 Å². The summed E-state index contributed by atoms with van der Waals surface area (Å²) in [6, 6.07) is 12.1. The monoisotopic (exact) mass is 230 g/mol. The third-order valence-corrected chi connectivity index (χ3v) is 3.14. The number of nitrogen functional groups attached to an aromatic ring is 1. The first-order valence-corrected chi connectivity index (χ1v) is 5.70. The number of nitrogens with one attached hydrogen (secondary N) is 1. The number of nitrogens with two attached hydrogens (primary N) is 1. The van der Waals surface area contributed by atoms with Gasteiger partial charge in [0, 0.05) is 5.75 Å². The van der Waals surface area contributed by atoms with Gasteiger partial charge in [-0.25, -0.2) is 0 Å². The number of aromatic nitrogens is 2. The van der Waals surface area contributed by atoms with Crippen molar-refractivity contribution >= 4 is 17.6 Å². The molecule has 0 aliphatic heterocycles. The smallest absolute Gasteiger partial charge is 0.138 e. The third kappa shape index (κ3) is 2.18. The van der Waals surface area contributed by atoms with Gasteiger partial charge >= 0.3 is 0 Å². The molecule has 1 aromatic carbocycles. The standard InChI is InChI=1S/C11H10N4S/c12-6-9-10(13)14-15-11(9)16-7-8-4-2-1-3-5-8/h1-5H,7H2,(H3,13,14,15). The topological polar surface area (TPSA) is 78.5 Å². The molecule has 0 saturated carbocycles. The highest BCUT2D eigenvalue weighted by Crippen LogP contribution is 2.26. The fraction of sp³-hybridized carbons (Fsp3) is 0.0909. The second-order valence-corrected chi connectivity index (χ2v) is 4.17. The molecule has 2 aromatic rings. The lowest BCUT2D eigenvalue weighted by molar-refractivity contribution is 1.00. The molecule has 80 valence electrons. The van der Waals surface area contributed by atoms with Crippen LogP contribution in [0.5, 0.6) is 0 Å². The molecule has 0 amide bonds. The Labute approximate surface area is 97.5 Å². The minimum Gasteiger partial charge on any atom is -0.383 e. The van der Waals surface area contributed by atoms with Crippen LogP contribution in [0.4, 0.5) is 5.82 Å². The lowest BCUT2D eigenvalue weighted by Crippen LogP contribution is -1.87. The van der Waals surface area contributed by atoms with Gasteiger partial charge in [-0.15, -0.1) is 0 Å². The Hall–Kier alpha value is -1.93. The molecule has 0 bridgehead atoms. The van der Waals surface area contributed by atoms with Crippen LogP contribution in [0.25, 0.3) is 0 Å². The molecule has 0 radical (unpaired) electrons. The molecule has 1 aromatic heterocycles. The predicted molar refractivity (Wildman–Crippen MR) is 63.7 cm³/mol. The zero-order valence-corrected chi connectivity index (χ0v) is 9.29. The average molecular weight is 230 g/mol. The van der Waals surface area contributed by atoms with Gasteiger partial charge in [0.25, 0.3) is 0 Å². The number of nitrogens with zero attached hydrogens (tertiary/aromatic N) is 2. The molecule has 0 spiro atoms. The number of H-pyrrole nitrogens is 1. The Morgan fingerprint density at radius 3 is 2.81 bits per heavy atom. The maximum atomic E-state index is 8.88. The normalized spacial score (nSPS) is 9.94. The molecule has 5 heteroatoms. The number of hydrogen-bond acceptors (Lipinski definition) is 4. The molecular formula is C11H10N4S. The van der Waals surface area contributed by atoms with Crippen molar-refractivity contribution in [1.82, 2.24) is 10.2 Å². The third-order valence-electron chi connectivity index (χ3n) is 2.09. The number of nitriles is 1. The van der Waals surface area contributed by atoms with Crippen molar-refractivity contribution < 1.29 is 0 Å². The summed E-state index contributed by atoms with van der Waals surface area (Å²) in [5, 5.41) is 16.1. The van der Waals surface area contributed by atoms with Crippen molar-refractivity contribution in [1.29, 1.82) is 5.26 Å². The van der Waals surface area contributed by atoms with Gasteiger partial charge in [-0.1, -0.05) is 42.1 Å². The molecule has 0 fully saturated rings. The Kier molecular flexibility index (Phi) is 3.13. The molecule has 16 heavy (non-hydrogen) atoms. The minimum atomic E-state index is 0.332. The molecule has 0 atom stereocenters. The molecule has 0 saturated heterocycles. The highest BCUT2D eigenvalue weighted by molar-refractivity contribution is 7.98. The number of anilines is 1. The Morgan fingerprint density at radius 1 is 1.38 bits per heavy atom. The van der Waals surface area contributed by atoms with E-state index in [9.17, 15) is 0 Å². The molecular weight excluding hydrogens is 220 g/mol. The van der Waals surface area contributed by atoms with Gasteiger partial charge in [-0.3, -0.25) is 5.10 Å². The van der Waals surface area contributed by atoms with Crippen LogP contribution in [0, 0.1) is 11.3 Å². The van der Waals surface area contributed by atoms with Gasteiger partial charge in [0.15, 0.2) is 0 Å². The number of thioether (sulfide) groups is 1. The summed E-state index contributed by atoms with van der Waals surface area (Å²) in [4.78, 5) is 0. The Bertz CT molecular complexity index is 513. The van der Waals surface area contributed by atoms with E-state index < -0.39 is 0 Å². The number of hydrogen-bond donors (Lipinski definition) is 2. The molecule has 0 aliphatic carbocycles. The van der Waals surface area contributed by atoms with Gasteiger partial charge in [-0.05, 0) is 5.56 Å². The first kappa shape index (κ1) is 10.6. The van der Waals surface area contributed by atoms with Crippen LogP contribution in [0.15, 0.2) is 35.4 Å². The minimum absolute atomic E-state index is 0.332. The lowest BCUT2D eigenvalue weighted by Gasteiger charge is -1.98. The number of benzene rings is 1. The summed E-state index contributed by atoms with van der Waals surface area (Å²) in [6.07, 6.45) is 0. The first-order chi connectivity index (χ1) is 7.81. The van der Waals surface area contributed by atoms with Gasteiger partial charge in [0.2, 0.25) is 0 Å². The molecule has 0 unspecified atom stereocenters. The van der Waals surface area contributed by atoms with E-state index in [1.165, 1.54) is 17.3 Å². The number of aromatic amines is 1. The van der Waals surface area contributed by atoms with E-state index in [2.05, 4.69) is 10.2 Å². The SMILES string of the molecule is N#Cc1c(SCc2ccccc2)n[nH]c1N. The van der Waals surface area contributed by atoms with Crippen LogP contribution in [0.2, 0.25) is 0 Å². The predicted octanol–water partition coefficient (Wildman–Crippen LogP) is 2.16. The summed E-state index contributed by atoms with van der Waals surface area (Å²) in [6.45, 7) is 0. The molecule has 4 nitrogen and oxygen atoms in total. The van der Waals surface area contributed by atoms with Crippen LogP contribution < -0.4 is 5.73 Å². The van der Waals surface area contributed by atoms with E-state index in [1.807, 2.05) is 36.4 Å². The van der Waals surface area contributed by atoms with Crippen molar-refractivity contribution in [3.05, 3.63) is 41.5 Å². The van der Waals surface area contributed by atoms with Crippen molar-refractivity contribution in [3.63, 3.8) is 0 Å². The summed E-state index contributed by atoms with van der Waals surface area (Å²) in [5.74, 6) is 1.11. The zero-order chi connectivity index (χ0) is 11.4. The van der Waals surface area contributed by atoms with E-state index in [-0.39, 0.29) is 0 Å². The van der Waals surface area contributed by atoms with Crippen molar-refractivity contribution in [2.45, 2.75) is 10.8 Å². The summed E-state index contributed by atoms with van der Waals surface area (Å²) < 4.78 is 0. The Morgan fingerprint density at radius 2 is 2.12 bits per heavy atom. The summed E-state index contributed by atoms with van der Waals surface area (Å²) >= 11 is 1.50. The first-order valence-electron chi connectivity index (χ1n) is 4.72. The van der Waals surface area contributed by atoms with Crippen LogP contribution >= 0.6 is 11.8 Å². The van der Waals surface area contributed by atoms with E-state index in [0.717, 1.165) is 5.75 Å². The van der Waals surface area contributed by atoms with E-state index in [0.29, 0.717) is 16.4 Å². The second kappa shape index (κ2) is 4.73. The van der Waals surface area contributed by atoms with Crippen LogP contribution in [-0.2, 0) is 5.75 Å². The summed E-state index contributed by atoms with van der Waals surface area (Å²) in [5.41, 5.74) is 7.19. The van der Waals surface area contributed by atoms with Gasteiger partial charge in [-0.2, -0.15) is 10.4 Å². The molecule has 0 aliphatic rings. The summed E-state index contributed by atoms with van der Waals surface area (Å²) in [7, 11) is 0. The largest absolute Gasteiger partial charge is 0.383 e. The average Bonchev–Trinajstić information content (AvgIpc) is 2.68. The Balaban J connectivity index is 2.09. The maximum Gasteiger partial charge on any atom is 0.138 e. The highest BCUT2D eigenvalue weighted by atomic mass is 32.2.